The molecule has 3 heterocycles. The summed E-state index contributed by atoms with van der Waals surface area (Å²) < 4.78 is 7.13. The lowest BCUT2D eigenvalue weighted by Crippen LogP contribution is -2.27. The number of rotatable bonds is 5. The Morgan fingerprint density at radius 1 is 1.17 bits per heavy atom. The first-order chi connectivity index (χ1) is 14.0. The topological polar surface area (TPSA) is 89.2 Å². The molecule has 0 saturated carbocycles. The molecule has 4 rings (SSSR count). The highest BCUT2D eigenvalue weighted by atomic mass is 16.3. The Hall–Kier alpha value is -3.35. The Morgan fingerprint density at radius 2 is 2.03 bits per heavy atom. The largest absolute Gasteiger partial charge is 0.467 e. The van der Waals surface area contributed by atoms with Crippen molar-refractivity contribution >= 4 is 17.5 Å². The number of aryl methyl sites for hydroxylation is 2. The predicted octanol–water partition coefficient (Wildman–Crippen LogP) is 3.61. The number of aromatic nitrogens is 2. The molecule has 1 aliphatic rings. The zero-order valence-corrected chi connectivity index (χ0v) is 16.6. The van der Waals surface area contributed by atoms with E-state index in [0.29, 0.717) is 18.0 Å². The monoisotopic (exact) mass is 392 g/mol. The summed E-state index contributed by atoms with van der Waals surface area (Å²) in [5, 5.41) is 5.77. The van der Waals surface area contributed by atoms with Gasteiger partial charge < -0.3 is 19.6 Å². The number of nitrogens with one attached hydrogen (secondary N) is 2. The lowest BCUT2D eigenvalue weighted by molar-refractivity contribution is 0.0932. The molecular formula is C22H24N4O3. The van der Waals surface area contributed by atoms with Gasteiger partial charge in [0.05, 0.1) is 18.5 Å². The highest BCUT2D eigenvalue weighted by Gasteiger charge is 2.27. The molecule has 0 saturated heterocycles. The zero-order chi connectivity index (χ0) is 20.4. The van der Waals surface area contributed by atoms with Crippen LogP contribution in [0.1, 0.15) is 56.5 Å². The van der Waals surface area contributed by atoms with Crippen molar-refractivity contribution in [1.29, 1.82) is 0 Å². The van der Waals surface area contributed by atoms with E-state index in [1.807, 2.05) is 36.6 Å². The zero-order valence-electron chi connectivity index (χ0n) is 16.6. The number of anilines is 1. The van der Waals surface area contributed by atoms with E-state index in [2.05, 4.69) is 15.6 Å². The quantitative estimate of drug-likeness (QED) is 0.694. The second kappa shape index (κ2) is 7.95. The van der Waals surface area contributed by atoms with E-state index in [1.165, 1.54) is 0 Å². The average Bonchev–Trinajstić information content (AvgIpc) is 3.36. The molecule has 29 heavy (non-hydrogen) atoms. The third kappa shape index (κ3) is 3.94. The summed E-state index contributed by atoms with van der Waals surface area (Å²) in [5.41, 5.74) is 4.02. The van der Waals surface area contributed by atoms with Gasteiger partial charge in [-0.15, -0.1) is 0 Å². The third-order valence-electron chi connectivity index (χ3n) is 5.17. The third-order valence-corrected chi connectivity index (χ3v) is 5.17. The minimum absolute atomic E-state index is 0.275. The summed E-state index contributed by atoms with van der Waals surface area (Å²) >= 11 is 0. The van der Waals surface area contributed by atoms with Crippen LogP contribution >= 0.6 is 0 Å². The molecule has 0 unspecified atom stereocenters. The maximum absolute atomic E-state index is 13.0. The molecule has 2 aromatic heterocycles. The normalized spacial score (nSPS) is 13.0. The minimum Gasteiger partial charge on any atom is -0.467 e. The van der Waals surface area contributed by atoms with Crippen LogP contribution < -0.4 is 10.6 Å². The summed E-state index contributed by atoms with van der Waals surface area (Å²) in [5.74, 6) is 0.344. The standard InChI is InChI=1S/C22H24N4O3/c1-14-8-9-17(15(2)12-14)24-21(27)19-18-7-3-4-10-26(18)20(25-19)22(28)23-13-16-6-5-11-29-16/h5-6,8-9,11-12H,3-4,7,10,13H2,1-2H3,(H,23,28)(H,24,27). The average molecular weight is 392 g/mol. The summed E-state index contributed by atoms with van der Waals surface area (Å²) in [6.45, 7) is 4.93. The van der Waals surface area contributed by atoms with Gasteiger partial charge in [-0.2, -0.15) is 0 Å². The van der Waals surface area contributed by atoms with Gasteiger partial charge in [-0.25, -0.2) is 4.98 Å². The van der Waals surface area contributed by atoms with Crippen molar-refractivity contribution in [3.63, 3.8) is 0 Å². The van der Waals surface area contributed by atoms with Crippen molar-refractivity contribution < 1.29 is 14.0 Å². The van der Waals surface area contributed by atoms with Crippen LogP contribution in [0.25, 0.3) is 0 Å². The van der Waals surface area contributed by atoms with Crippen LogP contribution in [0.5, 0.6) is 0 Å². The molecule has 150 valence electrons. The molecule has 0 bridgehead atoms. The Kier molecular flexibility index (Phi) is 5.20. The van der Waals surface area contributed by atoms with Gasteiger partial charge in [0.1, 0.15) is 5.76 Å². The lowest BCUT2D eigenvalue weighted by Gasteiger charge is -2.17. The van der Waals surface area contributed by atoms with E-state index in [-0.39, 0.29) is 24.2 Å². The second-order valence-electron chi connectivity index (χ2n) is 7.37. The van der Waals surface area contributed by atoms with Crippen molar-refractivity contribution in [2.45, 2.75) is 46.2 Å². The smallest absolute Gasteiger partial charge is 0.287 e. The lowest BCUT2D eigenvalue weighted by atomic mass is 10.1. The van der Waals surface area contributed by atoms with Gasteiger partial charge in [-0.1, -0.05) is 17.7 Å². The van der Waals surface area contributed by atoms with Crippen LogP contribution in [0, 0.1) is 13.8 Å². The second-order valence-corrected chi connectivity index (χ2v) is 7.37. The number of hydrogen-bond donors (Lipinski definition) is 2. The molecule has 2 N–H and O–H groups in total. The number of carbonyl (C=O) groups is 2. The number of furan rings is 1. The summed E-state index contributed by atoms with van der Waals surface area (Å²) in [6.07, 6.45) is 4.23. The van der Waals surface area contributed by atoms with Gasteiger partial charge in [0, 0.05) is 12.2 Å². The van der Waals surface area contributed by atoms with Crippen molar-refractivity contribution in [2.75, 3.05) is 5.32 Å². The number of carbonyl (C=O) groups excluding carboxylic acids is 2. The first kappa shape index (κ1) is 19.0. The van der Waals surface area contributed by atoms with Crippen molar-refractivity contribution in [3.05, 3.63) is 70.7 Å². The highest BCUT2D eigenvalue weighted by Crippen LogP contribution is 2.23. The maximum Gasteiger partial charge on any atom is 0.287 e. The van der Waals surface area contributed by atoms with Gasteiger partial charge in [0.25, 0.3) is 11.8 Å². The number of nitrogens with zero attached hydrogens (tertiary/aromatic N) is 2. The SMILES string of the molecule is Cc1ccc(NC(=O)c2nc(C(=O)NCc3ccco3)n3c2CCCC3)c(C)c1. The van der Waals surface area contributed by atoms with Crippen LogP contribution in [0.3, 0.4) is 0 Å². The van der Waals surface area contributed by atoms with E-state index in [4.69, 9.17) is 4.42 Å². The first-order valence-electron chi connectivity index (χ1n) is 9.81. The van der Waals surface area contributed by atoms with Crippen molar-refractivity contribution in [1.82, 2.24) is 14.9 Å². The number of imidazole rings is 1. The van der Waals surface area contributed by atoms with Crippen LogP contribution in [0.15, 0.2) is 41.0 Å². The van der Waals surface area contributed by atoms with E-state index in [1.54, 1.807) is 18.4 Å². The minimum atomic E-state index is -0.310. The molecule has 7 nitrogen and oxygen atoms in total. The summed E-state index contributed by atoms with van der Waals surface area (Å²) in [7, 11) is 0. The van der Waals surface area contributed by atoms with E-state index in [0.717, 1.165) is 41.8 Å². The molecule has 0 fully saturated rings. The van der Waals surface area contributed by atoms with Gasteiger partial charge in [-0.3, -0.25) is 9.59 Å². The maximum atomic E-state index is 13.0. The molecule has 2 amide bonds. The van der Waals surface area contributed by atoms with Crippen LogP contribution in [0.2, 0.25) is 0 Å². The van der Waals surface area contributed by atoms with Crippen LogP contribution in [-0.2, 0) is 19.5 Å². The summed E-state index contributed by atoms with van der Waals surface area (Å²) in [4.78, 5) is 30.1. The van der Waals surface area contributed by atoms with Crippen LogP contribution in [-0.4, -0.2) is 21.4 Å². The summed E-state index contributed by atoms with van der Waals surface area (Å²) in [6, 6.07) is 9.44. The Bertz CT molecular complexity index is 1050. The number of hydrogen-bond acceptors (Lipinski definition) is 4. The Labute approximate surface area is 169 Å². The molecular weight excluding hydrogens is 368 g/mol. The van der Waals surface area contributed by atoms with Crippen molar-refractivity contribution in [3.8, 4) is 0 Å². The van der Waals surface area contributed by atoms with Gasteiger partial charge in [-0.05, 0) is 56.9 Å². The fraction of sp³-hybridized carbons (Fsp3) is 0.318. The number of amides is 2. The van der Waals surface area contributed by atoms with E-state index in [9.17, 15) is 9.59 Å². The predicted molar refractivity (Wildman–Crippen MR) is 109 cm³/mol. The molecule has 0 atom stereocenters. The Balaban J connectivity index is 1.58. The van der Waals surface area contributed by atoms with Crippen LogP contribution in [0.4, 0.5) is 5.69 Å². The number of benzene rings is 1. The molecule has 7 heteroatoms. The molecule has 1 aliphatic heterocycles. The van der Waals surface area contributed by atoms with E-state index < -0.39 is 0 Å². The highest BCUT2D eigenvalue weighted by molar-refractivity contribution is 6.05. The number of fused-ring (bicyclic) bond motifs is 1. The van der Waals surface area contributed by atoms with Gasteiger partial charge in [0.2, 0.25) is 0 Å². The molecule has 0 radical (unpaired) electrons. The Morgan fingerprint density at radius 3 is 2.79 bits per heavy atom. The molecule has 3 aromatic rings. The van der Waals surface area contributed by atoms with Gasteiger partial charge >= 0.3 is 0 Å². The fourth-order valence-electron chi connectivity index (χ4n) is 3.69. The molecule has 0 aliphatic carbocycles. The van der Waals surface area contributed by atoms with Gasteiger partial charge in [0.15, 0.2) is 11.5 Å². The first-order valence-corrected chi connectivity index (χ1v) is 9.81. The van der Waals surface area contributed by atoms with E-state index >= 15 is 0 Å². The van der Waals surface area contributed by atoms with Crippen molar-refractivity contribution in [2.24, 2.45) is 0 Å². The molecule has 1 aromatic carbocycles. The molecule has 0 spiro atoms. The fourth-order valence-corrected chi connectivity index (χ4v) is 3.69.